The Morgan fingerprint density at radius 2 is 1.95 bits per heavy atom. The highest BCUT2D eigenvalue weighted by Gasteiger charge is 2.06. The van der Waals surface area contributed by atoms with Crippen LogP contribution >= 0.6 is 15.9 Å². The molecule has 0 unspecified atom stereocenters. The zero-order valence-electron chi connectivity index (χ0n) is 10.6. The van der Waals surface area contributed by atoms with Crippen molar-refractivity contribution in [3.63, 3.8) is 0 Å². The van der Waals surface area contributed by atoms with Gasteiger partial charge in [-0.05, 0) is 32.3 Å². The summed E-state index contributed by atoms with van der Waals surface area (Å²) in [5.74, 6) is 0.543. The Kier molecular flexibility index (Phi) is 3.52. The summed E-state index contributed by atoms with van der Waals surface area (Å²) in [6.07, 6.45) is 1.39. The number of hydrogen-bond acceptors (Lipinski definition) is 3. The molecule has 3 aromatic rings. The van der Waals surface area contributed by atoms with E-state index in [0.29, 0.717) is 16.8 Å². The number of halogens is 1. The second kappa shape index (κ2) is 5.46. The van der Waals surface area contributed by atoms with Crippen molar-refractivity contribution in [3.05, 3.63) is 69.2 Å². The Morgan fingerprint density at radius 1 is 1.15 bits per heavy atom. The molecule has 0 aliphatic rings. The Morgan fingerprint density at radius 3 is 2.85 bits per heavy atom. The summed E-state index contributed by atoms with van der Waals surface area (Å²) in [6.45, 7) is 0.608. The molecule has 20 heavy (non-hydrogen) atoms. The molecule has 0 radical (unpaired) electrons. The predicted molar refractivity (Wildman–Crippen MR) is 83.8 cm³/mol. The second-order valence-electron chi connectivity index (χ2n) is 4.39. The molecule has 0 saturated carbocycles. The molecule has 0 bridgehead atoms. The number of nitrogens with zero attached hydrogens (tertiary/aromatic N) is 1. The van der Waals surface area contributed by atoms with Gasteiger partial charge in [0.25, 0.3) is 5.56 Å². The van der Waals surface area contributed by atoms with E-state index < -0.39 is 0 Å². The zero-order chi connectivity index (χ0) is 13.9. The molecule has 0 aliphatic heterocycles. The fourth-order valence-corrected chi connectivity index (χ4v) is 2.49. The monoisotopic (exact) mass is 329 g/mol. The number of hydrogen-bond donors (Lipinski definition) is 2. The molecule has 4 nitrogen and oxygen atoms in total. The SMILES string of the molecule is O=c1[nH]cnc(NCc2cccc3ccccc23)c1Br. The van der Waals surface area contributed by atoms with Crippen LogP contribution in [-0.4, -0.2) is 9.97 Å². The minimum atomic E-state index is -0.194. The Labute approximate surface area is 124 Å². The highest BCUT2D eigenvalue weighted by Crippen LogP contribution is 2.20. The smallest absolute Gasteiger partial charge is 0.267 e. The molecule has 0 amide bonds. The number of fused-ring (bicyclic) bond motifs is 1. The van der Waals surface area contributed by atoms with Crippen molar-refractivity contribution in [3.8, 4) is 0 Å². The third-order valence-corrected chi connectivity index (χ3v) is 3.86. The van der Waals surface area contributed by atoms with Crippen LogP contribution in [0.25, 0.3) is 10.8 Å². The molecule has 2 N–H and O–H groups in total. The summed E-state index contributed by atoms with van der Waals surface area (Å²) >= 11 is 3.23. The van der Waals surface area contributed by atoms with Gasteiger partial charge in [-0.25, -0.2) is 4.98 Å². The summed E-state index contributed by atoms with van der Waals surface area (Å²) in [6, 6.07) is 14.4. The van der Waals surface area contributed by atoms with Crippen molar-refractivity contribution < 1.29 is 0 Å². The van der Waals surface area contributed by atoms with E-state index in [0.717, 1.165) is 5.56 Å². The highest BCUT2D eigenvalue weighted by molar-refractivity contribution is 9.10. The molecule has 5 heteroatoms. The van der Waals surface area contributed by atoms with Crippen LogP contribution in [-0.2, 0) is 6.54 Å². The maximum absolute atomic E-state index is 11.5. The molecule has 0 fully saturated rings. The summed E-state index contributed by atoms with van der Waals surface area (Å²) in [5.41, 5.74) is 0.970. The van der Waals surface area contributed by atoms with Crippen LogP contribution in [0.4, 0.5) is 5.82 Å². The summed E-state index contributed by atoms with van der Waals surface area (Å²) in [4.78, 5) is 18.1. The maximum atomic E-state index is 11.5. The molecule has 100 valence electrons. The van der Waals surface area contributed by atoms with Gasteiger partial charge in [-0.3, -0.25) is 4.79 Å². The van der Waals surface area contributed by atoms with E-state index >= 15 is 0 Å². The molecule has 0 saturated heterocycles. The number of nitrogens with one attached hydrogen (secondary N) is 2. The van der Waals surface area contributed by atoms with E-state index in [1.807, 2.05) is 18.2 Å². The van der Waals surface area contributed by atoms with Crippen LogP contribution in [0.5, 0.6) is 0 Å². The molecule has 1 aromatic heterocycles. The summed E-state index contributed by atoms with van der Waals surface area (Å²) < 4.78 is 0.417. The fraction of sp³-hybridized carbons (Fsp3) is 0.0667. The van der Waals surface area contributed by atoms with Gasteiger partial charge in [-0.15, -0.1) is 0 Å². The maximum Gasteiger partial charge on any atom is 0.267 e. The number of anilines is 1. The van der Waals surface area contributed by atoms with E-state index in [4.69, 9.17) is 0 Å². The van der Waals surface area contributed by atoms with Crippen molar-refractivity contribution in [1.82, 2.24) is 9.97 Å². The molecule has 3 rings (SSSR count). The normalized spacial score (nSPS) is 10.7. The van der Waals surface area contributed by atoms with E-state index in [1.54, 1.807) is 0 Å². The Balaban J connectivity index is 1.91. The van der Waals surface area contributed by atoms with Crippen molar-refractivity contribution >= 4 is 32.5 Å². The number of aromatic nitrogens is 2. The summed E-state index contributed by atoms with van der Waals surface area (Å²) in [5, 5.41) is 5.58. The van der Waals surface area contributed by atoms with Gasteiger partial charge in [-0.2, -0.15) is 0 Å². The third-order valence-electron chi connectivity index (χ3n) is 3.12. The summed E-state index contributed by atoms with van der Waals surface area (Å²) in [7, 11) is 0. The first-order chi connectivity index (χ1) is 9.75. The molecular formula is C15H12BrN3O. The van der Waals surface area contributed by atoms with Crippen molar-refractivity contribution in [2.75, 3.05) is 5.32 Å². The highest BCUT2D eigenvalue weighted by atomic mass is 79.9. The first kappa shape index (κ1) is 12.9. The largest absolute Gasteiger partial charge is 0.365 e. The van der Waals surface area contributed by atoms with E-state index in [2.05, 4.69) is 55.5 Å². The van der Waals surface area contributed by atoms with Gasteiger partial charge in [0.15, 0.2) is 0 Å². The van der Waals surface area contributed by atoms with Crippen LogP contribution < -0.4 is 10.9 Å². The van der Waals surface area contributed by atoms with Gasteiger partial charge in [-0.1, -0.05) is 42.5 Å². The first-order valence-electron chi connectivity index (χ1n) is 6.19. The lowest BCUT2D eigenvalue weighted by Gasteiger charge is -2.09. The lowest BCUT2D eigenvalue weighted by Crippen LogP contribution is -2.12. The lowest BCUT2D eigenvalue weighted by atomic mass is 10.0. The van der Waals surface area contributed by atoms with Gasteiger partial charge < -0.3 is 10.3 Å². The van der Waals surface area contributed by atoms with Crippen LogP contribution in [0.3, 0.4) is 0 Å². The van der Waals surface area contributed by atoms with E-state index in [1.165, 1.54) is 17.1 Å². The third kappa shape index (κ3) is 2.44. The Hall–Kier alpha value is -2.14. The van der Waals surface area contributed by atoms with Crippen molar-refractivity contribution in [2.24, 2.45) is 0 Å². The topological polar surface area (TPSA) is 57.8 Å². The number of H-pyrrole nitrogens is 1. The fourth-order valence-electron chi connectivity index (χ4n) is 2.13. The van der Waals surface area contributed by atoms with Gasteiger partial charge in [0, 0.05) is 6.54 Å². The first-order valence-corrected chi connectivity index (χ1v) is 6.99. The standard InChI is InChI=1S/C15H12BrN3O/c16-13-14(18-9-19-15(13)20)17-8-11-6-3-5-10-4-1-2-7-12(10)11/h1-7,9H,8H2,(H2,17,18,19,20). The van der Waals surface area contributed by atoms with Gasteiger partial charge in [0.2, 0.25) is 0 Å². The van der Waals surface area contributed by atoms with Gasteiger partial charge in [0.1, 0.15) is 10.3 Å². The zero-order valence-corrected chi connectivity index (χ0v) is 12.1. The molecule has 0 aliphatic carbocycles. The predicted octanol–water partition coefficient (Wildman–Crippen LogP) is 3.30. The molecule has 0 spiro atoms. The molecular weight excluding hydrogens is 318 g/mol. The number of rotatable bonds is 3. The lowest BCUT2D eigenvalue weighted by molar-refractivity contribution is 1.05. The number of aromatic amines is 1. The second-order valence-corrected chi connectivity index (χ2v) is 5.18. The average Bonchev–Trinajstić information content (AvgIpc) is 2.49. The minimum absolute atomic E-state index is 0.194. The van der Waals surface area contributed by atoms with Gasteiger partial charge >= 0.3 is 0 Å². The minimum Gasteiger partial charge on any atom is -0.365 e. The Bertz CT molecular complexity index is 808. The van der Waals surface area contributed by atoms with Crippen LogP contribution in [0.2, 0.25) is 0 Å². The van der Waals surface area contributed by atoms with Crippen LogP contribution in [0.1, 0.15) is 5.56 Å². The van der Waals surface area contributed by atoms with Crippen molar-refractivity contribution in [2.45, 2.75) is 6.54 Å². The van der Waals surface area contributed by atoms with E-state index in [-0.39, 0.29) is 5.56 Å². The van der Waals surface area contributed by atoms with Gasteiger partial charge in [0.05, 0.1) is 6.33 Å². The quantitative estimate of drug-likeness (QED) is 0.775. The van der Waals surface area contributed by atoms with Crippen LogP contribution in [0, 0.1) is 0 Å². The van der Waals surface area contributed by atoms with Crippen LogP contribution in [0.15, 0.2) is 58.1 Å². The molecule has 1 heterocycles. The average molecular weight is 330 g/mol. The molecule has 0 atom stereocenters. The number of benzene rings is 2. The molecule has 2 aromatic carbocycles. The van der Waals surface area contributed by atoms with E-state index in [9.17, 15) is 4.79 Å². The van der Waals surface area contributed by atoms with Crippen molar-refractivity contribution in [1.29, 1.82) is 0 Å².